The van der Waals surface area contributed by atoms with Crippen molar-refractivity contribution < 1.29 is 23.4 Å². The van der Waals surface area contributed by atoms with Crippen LogP contribution in [0.25, 0.3) is 0 Å². The van der Waals surface area contributed by atoms with E-state index in [0.717, 1.165) is 0 Å². The van der Waals surface area contributed by atoms with Gasteiger partial charge in [0.1, 0.15) is 12.0 Å². The summed E-state index contributed by atoms with van der Waals surface area (Å²) in [5, 5.41) is 8.66. The van der Waals surface area contributed by atoms with E-state index >= 15 is 0 Å². The smallest absolute Gasteiger partial charge is 0.340 e. The number of nitrogens with zero attached hydrogens (tertiary/aromatic N) is 2. The van der Waals surface area contributed by atoms with Crippen molar-refractivity contribution in [2.24, 2.45) is 0 Å². The van der Waals surface area contributed by atoms with Gasteiger partial charge in [-0.25, -0.2) is 14.9 Å². The summed E-state index contributed by atoms with van der Waals surface area (Å²) in [5.74, 6) is 1.89. The molecular formula is C16H15N5O6. The molecule has 1 aliphatic heterocycles. The number of oxazole rings is 1. The highest BCUT2D eigenvalue weighted by atomic mass is 16.7. The average molecular weight is 373 g/mol. The van der Waals surface area contributed by atoms with Crippen molar-refractivity contribution in [3.63, 3.8) is 0 Å². The molecule has 27 heavy (non-hydrogen) atoms. The Morgan fingerprint density at radius 1 is 1.37 bits per heavy atom. The van der Waals surface area contributed by atoms with Crippen molar-refractivity contribution in [1.29, 1.82) is 0 Å². The van der Waals surface area contributed by atoms with Crippen LogP contribution in [0.3, 0.4) is 0 Å². The van der Waals surface area contributed by atoms with Crippen molar-refractivity contribution in [1.82, 2.24) is 25.5 Å². The van der Waals surface area contributed by atoms with Gasteiger partial charge in [0.2, 0.25) is 12.7 Å². The standard InChI is InChI=1S/C16H15N5O6/c1-8(14-19-16(23)21-20-14)17-15(22)10-5-25-13(18-10)6-24-9-2-3-11-12(4-9)27-7-26-11/h2-5,8H,6-7H2,1H3,(H,17,22)(H2,19,20,21,23)/t8-/m0/s1. The predicted octanol–water partition coefficient (Wildman–Crippen LogP) is 0.885. The molecule has 11 heteroatoms. The normalized spacial score (nSPS) is 13.4. The molecule has 2 aromatic heterocycles. The van der Waals surface area contributed by atoms with Gasteiger partial charge in [0.05, 0.1) is 6.04 Å². The molecule has 3 N–H and O–H groups in total. The van der Waals surface area contributed by atoms with E-state index in [4.69, 9.17) is 18.6 Å². The number of rotatable bonds is 6. The molecule has 11 nitrogen and oxygen atoms in total. The van der Waals surface area contributed by atoms with Crippen molar-refractivity contribution in [3.8, 4) is 17.2 Å². The number of ether oxygens (including phenoxy) is 3. The zero-order chi connectivity index (χ0) is 18.8. The van der Waals surface area contributed by atoms with E-state index in [-0.39, 0.29) is 25.0 Å². The number of amides is 1. The molecule has 0 fully saturated rings. The van der Waals surface area contributed by atoms with Gasteiger partial charge < -0.3 is 23.9 Å². The molecule has 1 atom stereocenters. The monoisotopic (exact) mass is 373 g/mol. The molecule has 0 saturated heterocycles. The molecule has 3 aromatic rings. The van der Waals surface area contributed by atoms with E-state index in [0.29, 0.717) is 23.1 Å². The Labute approximate surface area is 151 Å². The molecular weight excluding hydrogens is 358 g/mol. The third kappa shape index (κ3) is 3.61. The number of nitrogens with one attached hydrogen (secondary N) is 3. The van der Waals surface area contributed by atoms with Gasteiger partial charge >= 0.3 is 5.69 Å². The molecule has 0 radical (unpaired) electrons. The third-order valence-corrected chi connectivity index (χ3v) is 3.77. The first-order valence-corrected chi connectivity index (χ1v) is 8.01. The first kappa shape index (κ1) is 16.7. The van der Waals surface area contributed by atoms with Crippen LogP contribution in [0.5, 0.6) is 17.2 Å². The summed E-state index contributed by atoms with van der Waals surface area (Å²) >= 11 is 0. The summed E-state index contributed by atoms with van der Waals surface area (Å²) in [6.07, 6.45) is 1.23. The lowest BCUT2D eigenvalue weighted by atomic mass is 10.3. The Morgan fingerprint density at radius 2 is 2.22 bits per heavy atom. The number of hydrogen-bond donors (Lipinski definition) is 3. The summed E-state index contributed by atoms with van der Waals surface area (Å²) in [4.78, 5) is 29.8. The fourth-order valence-corrected chi connectivity index (χ4v) is 2.42. The number of carbonyl (C=O) groups is 1. The van der Waals surface area contributed by atoms with Crippen LogP contribution in [0.2, 0.25) is 0 Å². The van der Waals surface area contributed by atoms with Crippen LogP contribution in [-0.4, -0.2) is 32.9 Å². The van der Waals surface area contributed by atoms with E-state index < -0.39 is 17.6 Å². The van der Waals surface area contributed by atoms with Crippen LogP contribution in [0.15, 0.2) is 33.7 Å². The van der Waals surface area contributed by atoms with Gasteiger partial charge in [-0.15, -0.1) is 0 Å². The molecule has 0 aliphatic carbocycles. The summed E-state index contributed by atoms with van der Waals surface area (Å²) in [6.45, 7) is 1.89. The van der Waals surface area contributed by atoms with E-state index in [9.17, 15) is 9.59 Å². The highest BCUT2D eigenvalue weighted by molar-refractivity contribution is 5.92. The molecule has 1 amide bonds. The van der Waals surface area contributed by atoms with Crippen LogP contribution in [0, 0.1) is 0 Å². The van der Waals surface area contributed by atoms with Crippen LogP contribution >= 0.6 is 0 Å². The SMILES string of the molecule is C[C@H](NC(=O)c1coc(COc2ccc3c(c2)OCO3)n1)c1n[nH]c(=O)[nH]1. The molecule has 4 rings (SSSR count). The molecule has 140 valence electrons. The number of aromatic nitrogens is 4. The Bertz CT molecular complexity index is 1020. The maximum atomic E-state index is 12.2. The van der Waals surface area contributed by atoms with Crippen molar-refractivity contribution >= 4 is 5.91 Å². The first-order chi connectivity index (χ1) is 13.1. The lowest BCUT2D eigenvalue weighted by Crippen LogP contribution is -2.28. The Kier molecular flexibility index (Phi) is 4.24. The molecule has 1 aliphatic rings. The Balaban J connectivity index is 1.35. The van der Waals surface area contributed by atoms with Crippen molar-refractivity contribution in [2.75, 3.05) is 6.79 Å². The molecule has 0 bridgehead atoms. The molecule has 0 saturated carbocycles. The zero-order valence-corrected chi connectivity index (χ0v) is 14.1. The van der Waals surface area contributed by atoms with E-state index in [1.807, 2.05) is 0 Å². The molecule has 0 spiro atoms. The molecule has 1 aromatic carbocycles. The third-order valence-electron chi connectivity index (χ3n) is 3.77. The summed E-state index contributed by atoms with van der Waals surface area (Å²) < 4.78 is 21.4. The first-order valence-electron chi connectivity index (χ1n) is 8.01. The number of hydrogen-bond acceptors (Lipinski definition) is 8. The summed E-state index contributed by atoms with van der Waals surface area (Å²) in [6, 6.07) is 4.66. The second-order valence-electron chi connectivity index (χ2n) is 5.69. The number of fused-ring (bicyclic) bond motifs is 1. The lowest BCUT2D eigenvalue weighted by molar-refractivity contribution is 0.0933. The van der Waals surface area contributed by atoms with Gasteiger partial charge in [-0.05, 0) is 19.1 Å². The van der Waals surface area contributed by atoms with Gasteiger partial charge in [-0.1, -0.05) is 0 Å². The minimum absolute atomic E-state index is 0.0369. The van der Waals surface area contributed by atoms with Gasteiger partial charge in [-0.3, -0.25) is 9.78 Å². The molecule has 0 unspecified atom stereocenters. The van der Waals surface area contributed by atoms with Gasteiger partial charge in [0.25, 0.3) is 5.91 Å². The topological polar surface area (TPSA) is 144 Å². The van der Waals surface area contributed by atoms with Crippen LogP contribution in [0.1, 0.15) is 35.2 Å². The molecule has 3 heterocycles. The predicted molar refractivity (Wildman–Crippen MR) is 88.5 cm³/mol. The second kappa shape index (κ2) is 6.86. The van der Waals surface area contributed by atoms with Crippen molar-refractivity contribution in [3.05, 3.63) is 52.4 Å². The van der Waals surface area contributed by atoms with Crippen LogP contribution < -0.4 is 25.2 Å². The quantitative estimate of drug-likeness (QED) is 0.578. The van der Waals surface area contributed by atoms with Gasteiger partial charge in [0.15, 0.2) is 29.6 Å². The fourth-order valence-electron chi connectivity index (χ4n) is 2.42. The lowest BCUT2D eigenvalue weighted by Gasteiger charge is -2.08. The van der Waals surface area contributed by atoms with Gasteiger partial charge in [0, 0.05) is 6.07 Å². The number of benzene rings is 1. The van der Waals surface area contributed by atoms with E-state index in [1.54, 1.807) is 25.1 Å². The number of aromatic amines is 2. The highest BCUT2D eigenvalue weighted by Gasteiger charge is 2.18. The summed E-state index contributed by atoms with van der Waals surface area (Å²) in [5.41, 5.74) is -0.362. The Hall–Kier alpha value is -3.76. The van der Waals surface area contributed by atoms with E-state index in [2.05, 4.69) is 25.5 Å². The fraction of sp³-hybridized carbons (Fsp3) is 0.250. The number of H-pyrrole nitrogens is 2. The van der Waals surface area contributed by atoms with Crippen molar-refractivity contribution in [2.45, 2.75) is 19.6 Å². The maximum absolute atomic E-state index is 12.2. The Morgan fingerprint density at radius 3 is 3.04 bits per heavy atom. The average Bonchev–Trinajstić information content (AvgIpc) is 3.39. The second-order valence-corrected chi connectivity index (χ2v) is 5.69. The largest absolute Gasteiger partial charge is 0.484 e. The van der Waals surface area contributed by atoms with Crippen LogP contribution in [-0.2, 0) is 6.61 Å². The number of carbonyl (C=O) groups excluding carboxylic acids is 1. The van der Waals surface area contributed by atoms with Gasteiger partial charge in [-0.2, -0.15) is 5.10 Å². The minimum atomic E-state index is -0.513. The van der Waals surface area contributed by atoms with Crippen LogP contribution in [0.4, 0.5) is 0 Å². The minimum Gasteiger partial charge on any atom is -0.484 e. The summed E-state index contributed by atoms with van der Waals surface area (Å²) in [7, 11) is 0. The zero-order valence-electron chi connectivity index (χ0n) is 14.1. The maximum Gasteiger partial charge on any atom is 0.340 e. The highest BCUT2D eigenvalue weighted by Crippen LogP contribution is 2.35. The van der Waals surface area contributed by atoms with E-state index in [1.165, 1.54) is 6.26 Å².